The third-order valence-corrected chi connectivity index (χ3v) is 3.82. The second kappa shape index (κ2) is 6.05. The number of hydrogen-bond acceptors (Lipinski definition) is 4. The minimum absolute atomic E-state index is 0.207. The number of ether oxygens (including phenoxy) is 1. The summed E-state index contributed by atoms with van der Waals surface area (Å²) in [4.78, 5) is 4.30. The van der Waals surface area contributed by atoms with Crippen molar-refractivity contribution in [3.8, 4) is 5.75 Å². The average Bonchev–Trinajstić information content (AvgIpc) is 3.01. The van der Waals surface area contributed by atoms with E-state index in [1.54, 1.807) is 6.33 Å². The smallest absolute Gasteiger partial charge is 0.141 e. The molecule has 1 aromatic carbocycles. The van der Waals surface area contributed by atoms with Crippen LogP contribution in [0.15, 0.2) is 30.6 Å². The molecule has 1 aromatic heterocycles. The lowest BCUT2D eigenvalue weighted by atomic mass is 9.87. The van der Waals surface area contributed by atoms with Gasteiger partial charge in [0.05, 0.1) is 12.6 Å². The Labute approximate surface area is 118 Å². The molecule has 2 aromatic rings. The Morgan fingerprint density at radius 1 is 1.45 bits per heavy atom. The van der Waals surface area contributed by atoms with E-state index in [1.807, 2.05) is 6.07 Å². The monoisotopic (exact) mass is 272 g/mol. The van der Waals surface area contributed by atoms with Crippen LogP contribution in [0.3, 0.4) is 0 Å². The van der Waals surface area contributed by atoms with Crippen molar-refractivity contribution in [3.63, 3.8) is 0 Å². The van der Waals surface area contributed by atoms with E-state index in [4.69, 9.17) is 4.74 Å². The molecule has 0 radical (unpaired) electrons. The third-order valence-electron chi connectivity index (χ3n) is 3.82. The third kappa shape index (κ3) is 2.67. The molecule has 0 amide bonds. The number of benzene rings is 1. The van der Waals surface area contributed by atoms with Gasteiger partial charge in [0.25, 0.3) is 0 Å². The van der Waals surface area contributed by atoms with Crippen LogP contribution in [-0.4, -0.2) is 28.3 Å². The number of nitrogens with zero attached hydrogens (tertiary/aromatic N) is 2. The summed E-state index contributed by atoms with van der Waals surface area (Å²) in [6, 6.07) is 8.54. The van der Waals surface area contributed by atoms with Gasteiger partial charge in [-0.25, -0.2) is 4.98 Å². The molecule has 0 bridgehead atoms. The lowest BCUT2D eigenvalue weighted by molar-refractivity contribution is 0.254. The molecule has 20 heavy (non-hydrogen) atoms. The topological polar surface area (TPSA) is 62.8 Å². The van der Waals surface area contributed by atoms with E-state index in [9.17, 15) is 0 Å². The van der Waals surface area contributed by atoms with Gasteiger partial charge in [0.2, 0.25) is 0 Å². The molecule has 5 heteroatoms. The molecule has 0 saturated carbocycles. The van der Waals surface area contributed by atoms with Crippen molar-refractivity contribution >= 4 is 0 Å². The van der Waals surface area contributed by atoms with Gasteiger partial charge in [0.1, 0.15) is 17.9 Å². The summed E-state index contributed by atoms with van der Waals surface area (Å²) in [7, 11) is 0. The fourth-order valence-corrected chi connectivity index (χ4v) is 2.87. The van der Waals surface area contributed by atoms with Gasteiger partial charge >= 0.3 is 0 Å². The quantitative estimate of drug-likeness (QED) is 0.877. The molecular weight excluding hydrogens is 252 g/mol. The molecular formula is C15H20N4O. The highest BCUT2D eigenvalue weighted by atomic mass is 16.5. The summed E-state index contributed by atoms with van der Waals surface area (Å²) in [6.45, 7) is 3.81. The second-order valence-corrected chi connectivity index (χ2v) is 5.09. The van der Waals surface area contributed by atoms with Crippen molar-refractivity contribution in [2.45, 2.75) is 31.7 Å². The molecule has 2 atom stereocenters. The summed E-state index contributed by atoms with van der Waals surface area (Å²) in [6.07, 6.45) is 3.62. The van der Waals surface area contributed by atoms with Crippen molar-refractivity contribution in [3.05, 3.63) is 42.0 Å². The minimum Gasteiger partial charge on any atom is -0.493 e. The number of hydrogen-bond donors (Lipinski definition) is 2. The minimum atomic E-state index is 0.207. The number of para-hydroxylation sites is 1. The largest absolute Gasteiger partial charge is 0.493 e. The van der Waals surface area contributed by atoms with Gasteiger partial charge in [-0.05, 0) is 36.9 Å². The first-order valence-electron chi connectivity index (χ1n) is 7.19. The molecule has 106 valence electrons. The normalized spacial score (nSPS) is 19.1. The molecule has 2 heterocycles. The van der Waals surface area contributed by atoms with Crippen molar-refractivity contribution in [2.75, 3.05) is 13.2 Å². The van der Waals surface area contributed by atoms with Gasteiger partial charge < -0.3 is 10.1 Å². The Hall–Kier alpha value is -1.88. The van der Waals surface area contributed by atoms with Crippen molar-refractivity contribution in [1.29, 1.82) is 0 Å². The molecule has 0 aliphatic carbocycles. The van der Waals surface area contributed by atoms with E-state index in [1.165, 1.54) is 5.56 Å². The van der Waals surface area contributed by atoms with E-state index in [2.05, 4.69) is 45.6 Å². The highest BCUT2D eigenvalue weighted by molar-refractivity contribution is 5.37. The molecule has 0 fully saturated rings. The molecule has 2 unspecified atom stereocenters. The van der Waals surface area contributed by atoms with E-state index >= 15 is 0 Å². The van der Waals surface area contributed by atoms with Crippen LogP contribution in [0.4, 0.5) is 0 Å². The summed E-state index contributed by atoms with van der Waals surface area (Å²) < 4.78 is 5.73. The Kier molecular flexibility index (Phi) is 3.97. The summed E-state index contributed by atoms with van der Waals surface area (Å²) in [5.41, 5.74) is 1.31. The second-order valence-electron chi connectivity index (χ2n) is 5.09. The maximum absolute atomic E-state index is 5.73. The standard InChI is InChI=1S/C15H20N4O/c1-2-16-13(15-17-10-18-19-15)9-11-7-8-20-14-6-4-3-5-12(11)14/h3-6,10-11,13,16H,2,7-9H2,1H3,(H,17,18,19). The van der Waals surface area contributed by atoms with E-state index < -0.39 is 0 Å². The van der Waals surface area contributed by atoms with Gasteiger partial charge in [-0.2, -0.15) is 5.10 Å². The summed E-state index contributed by atoms with van der Waals surface area (Å²) in [5.74, 6) is 2.43. The number of H-pyrrole nitrogens is 1. The van der Waals surface area contributed by atoms with Gasteiger partial charge in [-0.3, -0.25) is 5.10 Å². The Balaban J connectivity index is 1.79. The Morgan fingerprint density at radius 3 is 3.15 bits per heavy atom. The zero-order valence-corrected chi connectivity index (χ0v) is 11.7. The van der Waals surface area contributed by atoms with Crippen LogP contribution in [0.25, 0.3) is 0 Å². The maximum atomic E-state index is 5.73. The molecule has 3 rings (SSSR count). The van der Waals surface area contributed by atoms with E-state index in [0.29, 0.717) is 5.92 Å². The van der Waals surface area contributed by atoms with Crippen LogP contribution in [-0.2, 0) is 0 Å². The molecule has 1 aliphatic heterocycles. The fraction of sp³-hybridized carbons (Fsp3) is 0.467. The molecule has 5 nitrogen and oxygen atoms in total. The maximum Gasteiger partial charge on any atom is 0.141 e. The molecule has 0 saturated heterocycles. The number of aromatic nitrogens is 3. The lowest BCUT2D eigenvalue weighted by Crippen LogP contribution is -2.26. The fourth-order valence-electron chi connectivity index (χ4n) is 2.87. The van der Waals surface area contributed by atoms with Crippen LogP contribution in [0, 0.1) is 0 Å². The first-order chi connectivity index (χ1) is 9.88. The van der Waals surface area contributed by atoms with Crippen LogP contribution in [0.1, 0.15) is 43.1 Å². The number of nitrogens with one attached hydrogen (secondary N) is 2. The van der Waals surface area contributed by atoms with Crippen LogP contribution >= 0.6 is 0 Å². The number of rotatable bonds is 5. The Morgan fingerprint density at radius 2 is 2.35 bits per heavy atom. The predicted octanol–water partition coefficient (Wildman–Crippen LogP) is 2.41. The molecule has 0 spiro atoms. The summed E-state index contributed by atoms with van der Waals surface area (Å²) >= 11 is 0. The van der Waals surface area contributed by atoms with Gasteiger partial charge in [0, 0.05) is 0 Å². The average molecular weight is 272 g/mol. The van der Waals surface area contributed by atoms with Gasteiger partial charge in [-0.15, -0.1) is 0 Å². The Bertz CT molecular complexity index is 541. The summed E-state index contributed by atoms with van der Waals surface area (Å²) in [5, 5.41) is 10.4. The van der Waals surface area contributed by atoms with Crippen molar-refractivity contribution < 1.29 is 4.74 Å². The lowest BCUT2D eigenvalue weighted by Gasteiger charge is -2.28. The van der Waals surface area contributed by atoms with Gasteiger partial charge in [0.15, 0.2) is 0 Å². The number of aromatic amines is 1. The number of fused-ring (bicyclic) bond motifs is 1. The highest BCUT2D eigenvalue weighted by Crippen LogP contribution is 2.38. The SMILES string of the molecule is CCNC(CC1CCOc2ccccc21)c1ncn[nH]1. The van der Waals surface area contributed by atoms with Crippen molar-refractivity contribution in [2.24, 2.45) is 0 Å². The highest BCUT2D eigenvalue weighted by Gasteiger charge is 2.25. The first kappa shape index (κ1) is 13.1. The zero-order chi connectivity index (χ0) is 13.8. The molecule has 1 aliphatic rings. The van der Waals surface area contributed by atoms with Crippen LogP contribution in [0.5, 0.6) is 5.75 Å². The van der Waals surface area contributed by atoms with Gasteiger partial charge in [-0.1, -0.05) is 25.1 Å². The zero-order valence-electron chi connectivity index (χ0n) is 11.7. The van der Waals surface area contributed by atoms with Crippen molar-refractivity contribution in [1.82, 2.24) is 20.5 Å². The van der Waals surface area contributed by atoms with E-state index in [-0.39, 0.29) is 6.04 Å². The first-order valence-corrected chi connectivity index (χ1v) is 7.19. The van der Waals surface area contributed by atoms with E-state index in [0.717, 1.165) is 37.6 Å². The molecule has 2 N–H and O–H groups in total. The van der Waals surface area contributed by atoms with Crippen LogP contribution < -0.4 is 10.1 Å². The van der Waals surface area contributed by atoms with Crippen LogP contribution in [0.2, 0.25) is 0 Å². The predicted molar refractivity (Wildman–Crippen MR) is 76.7 cm³/mol.